The van der Waals surface area contributed by atoms with Crippen LogP contribution < -0.4 is 0 Å². The normalized spacial score (nSPS) is 24.7. The van der Waals surface area contributed by atoms with Crippen LogP contribution in [0, 0.1) is 11.8 Å². The second-order valence-corrected chi connectivity index (χ2v) is 3.99. The van der Waals surface area contributed by atoms with E-state index < -0.39 is 11.9 Å². The zero-order valence-corrected chi connectivity index (χ0v) is 8.75. The number of hydrogen-bond acceptors (Lipinski definition) is 4. The van der Waals surface area contributed by atoms with Crippen LogP contribution in [0.4, 0.5) is 0 Å². The summed E-state index contributed by atoms with van der Waals surface area (Å²) < 4.78 is 0. The lowest BCUT2D eigenvalue weighted by atomic mass is 9.99. The van der Waals surface area contributed by atoms with Gasteiger partial charge in [0, 0.05) is 13.1 Å². The molecule has 1 saturated heterocycles. The minimum Gasteiger partial charge on any atom is -0.481 e. The smallest absolute Gasteiger partial charge is 0.308 e. The van der Waals surface area contributed by atoms with Crippen molar-refractivity contribution in [1.29, 1.82) is 0 Å². The molecule has 2 heterocycles. The van der Waals surface area contributed by atoms with Gasteiger partial charge in [-0.1, -0.05) is 6.92 Å². The minimum absolute atomic E-state index is 0.0339. The Morgan fingerprint density at radius 2 is 2.31 bits per heavy atom. The topological polar surface area (TPSA) is 99.2 Å². The molecule has 1 aromatic heterocycles. The average Bonchev–Trinajstić information content (AvgIpc) is 2.84. The standard InChI is InChI=1S/C9H12N4O3/c1-5-3-13(4-6(5)9(15)16)8(14)7-2-10-12-11-7/h2,5-6H,3-4H2,1H3,(H,15,16)(H,10,11,12). The SMILES string of the molecule is CC1CN(C(=O)c2cn[nH]n2)CC1C(=O)O. The second-order valence-electron chi connectivity index (χ2n) is 3.99. The Balaban J connectivity index is 2.09. The number of aromatic amines is 1. The molecule has 2 atom stereocenters. The van der Waals surface area contributed by atoms with E-state index in [0.717, 1.165) is 0 Å². The van der Waals surface area contributed by atoms with Gasteiger partial charge in [-0.05, 0) is 5.92 Å². The molecule has 0 radical (unpaired) electrons. The maximum absolute atomic E-state index is 11.8. The molecule has 0 saturated carbocycles. The molecule has 2 N–H and O–H groups in total. The van der Waals surface area contributed by atoms with Crippen LogP contribution in [0.1, 0.15) is 17.4 Å². The number of nitrogens with one attached hydrogen (secondary N) is 1. The third kappa shape index (κ3) is 1.75. The second kappa shape index (κ2) is 3.92. The van der Waals surface area contributed by atoms with Gasteiger partial charge in [-0.25, -0.2) is 0 Å². The fraction of sp³-hybridized carbons (Fsp3) is 0.556. The van der Waals surface area contributed by atoms with Gasteiger partial charge in [-0.2, -0.15) is 15.4 Å². The number of aromatic nitrogens is 3. The maximum atomic E-state index is 11.8. The molecule has 1 aliphatic heterocycles. The Morgan fingerprint density at radius 1 is 1.56 bits per heavy atom. The first kappa shape index (κ1) is 10.6. The Bertz CT molecular complexity index is 403. The van der Waals surface area contributed by atoms with Crippen LogP contribution in [0.15, 0.2) is 6.20 Å². The first-order chi connectivity index (χ1) is 7.59. The first-order valence-electron chi connectivity index (χ1n) is 4.97. The molecule has 0 bridgehead atoms. The predicted molar refractivity (Wildman–Crippen MR) is 52.6 cm³/mol. The minimum atomic E-state index is -0.858. The summed E-state index contributed by atoms with van der Waals surface area (Å²) in [4.78, 5) is 24.2. The lowest BCUT2D eigenvalue weighted by Crippen LogP contribution is -2.30. The molecule has 2 rings (SSSR count). The van der Waals surface area contributed by atoms with Crippen LogP contribution >= 0.6 is 0 Å². The van der Waals surface area contributed by atoms with Crippen LogP contribution in [0.3, 0.4) is 0 Å². The summed E-state index contributed by atoms with van der Waals surface area (Å²) >= 11 is 0. The van der Waals surface area contributed by atoms with E-state index >= 15 is 0 Å². The molecule has 0 aliphatic carbocycles. The third-order valence-electron chi connectivity index (χ3n) is 2.85. The van der Waals surface area contributed by atoms with Gasteiger partial charge in [0.05, 0.1) is 12.1 Å². The van der Waals surface area contributed by atoms with Crippen LogP contribution in [0.5, 0.6) is 0 Å². The Hall–Kier alpha value is -1.92. The zero-order valence-electron chi connectivity index (χ0n) is 8.75. The van der Waals surface area contributed by atoms with Gasteiger partial charge in [-0.3, -0.25) is 9.59 Å². The van der Waals surface area contributed by atoms with Crippen molar-refractivity contribution in [2.24, 2.45) is 11.8 Å². The predicted octanol–water partition coefficient (Wildman–Crippen LogP) is -0.403. The van der Waals surface area contributed by atoms with Crippen molar-refractivity contribution in [2.45, 2.75) is 6.92 Å². The van der Waals surface area contributed by atoms with Crippen molar-refractivity contribution in [3.8, 4) is 0 Å². The highest BCUT2D eigenvalue weighted by atomic mass is 16.4. The molecule has 0 aromatic carbocycles. The number of nitrogens with zero attached hydrogens (tertiary/aromatic N) is 3. The highest BCUT2D eigenvalue weighted by Crippen LogP contribution is 2.24. The van der Waals surface area contributed by atoms with Crippen molar-refractivity contribution in [1.82, 2.24) is 20.3 Å². The number of likely N-dealkylation sites (tertiary alicyclic amines) is 1. The summed E-state index contributed by atoms with van der Waals surface area (Å²) in [5.41, 5.74) is 0.221. The van der Waals surface area contributed by atoms with Crippen molar-refractivity contribution < 1.29 is 14.7 Å². The first-order valence-corrected chi connectivity index (χ1v) is 4.97. The number of carboxylic acid groups (broad SMARTS) is 1. The monoisotopic (exact) mass is 224 g/mol. The maximum Gasteiger partial charge on any atom is 0.308 e. The van der Waals surface area contributed by atoms with E-state index in [1.54, 1.807) is 0 Å². The van der Waals surface area contributed by atoms with E-state index in [4.69, 9.17) is 5.11 Å². The molecule has 86 valence electrons. The fourth-order valence-corrected chi connectivity index (χ4v) is 1.92. The van der Waals surface area contributed by atoms with E-state index in [1.807, 2.05) is 6.92 Å². The molecule has 1 aromatic rings. The number of aliphatic carboxylic acids is 1. The van der Waals surface area contributed by atoms with Gasteiger partial charge in [0.15, 0.2) is 5.69 Å². The Morgan fingerprint density at radius 3 is 2.81 bits per heavy atom. The van der Waals surface area contributed by atoms with Crippen LogP contribution in [0.2, 0.25) is 0 Å². The highest BCUT2D eigenvalue weighted by molar-refractivity contribution is 5.92. The van der Waals surface area contributed by atoms with E-state index in [-0.39, 0.29) is 24.1 Å². The highest BCUT2D eigenvalue weighted by Gasteiger charge is 2.37. The number of rotatable bonds is 2. The van der Waals surface area contributed by atoms with Gasteiger partial charge in [-0.15, -0.1) is 0 Å². The van der Waals surface area contributed by atoms with Gasteiger partial charge < -0.3 is 10.0 Å². The van der Waals surface area contributed by atoms with Gasteiger partial charge in [0.1, 0.15) is 0 Å². The molecule has 1 amide bonds. The molecule has 16 heavy (non-hydrogen) atoms. The molecule has 7 heteroatoms. The molecular weight excluding hydrogens is 212 g/mol. The van der Waals surface area contributed by atoms with Crippen molar-refractivity contribution in [2.75, 3.05) is 13.1 Å². The quantitative estimate of drug-likeness (QED) is 0.711. The molecule has 1 fully saturated rings. The van der Waals surface area contributed by atoms with E-state index in [9.17, 15) is 9.59 Å². The number of hydrogen-bond donors (Lipinski definition) is 2. The summed E-state index contributed by atoms with van der Waals surface area (Å²) in [5.74, 6) is -1.66. The number of carbonyl (C=O) groups is 2. The van der Waals surface area contributed by atoms with Crippen LogP contribution in [0.25, 0.3) is 0 Å². The summed E-state index contributed by atoms with van der Waals surface area (Å²) in [6.07, 6.45) is 1.33. The summed E-state index contributed by atoms with van der Waals surface area (Å²) in [6, 6.07) is 0. The Labute approximate surface area is 91.4 Å². The van der Waals surface area contributed by atoms with Gasteiger partial charge in [0.25, 0.3) is 5.91 Å². The van der Waals surface area contributed by atoms with Gasteiger partial charge >= 0.3 is 5.97 Å². The van der Waals surface area contributed by atoms with Crippen molar-refractivity contribution in [3.05, 3.63) is 11.9 Å². The van der Waals surface area contributed by atoms with E-state index in [0.29, 0.717) is 6.54 Å². The zero-order chi connectivity index (χ0) is 11.7. The van der Waals surface area contributed by atoms with Crippen molar-refractivity contribution in [3.63, 3.8) is 0 Å². The summed E-state index contributed by atoms with van der Waals surface area (Å²) in [6.45, 7) is 2.51. The average molecular weight is 224 g/mol. The number of carboxylic acids is 1. The lowest BCUT2D eigenvalue weighted by molar-refractivity contribution is -0.142. The Kier molecular flexibility index (Phi) is 2.59. The summed E-state index contributed by atoms with van der Waals surface area (Å²) in [5, 5.41) is 18.5. The summed E-state index contributed by atoms with van der Waals surface area (Å²) in [7, 11) is 0. The molecule has 0 spiro atoms. The number of amides is 1. The van der Waals surface area contributed by atoms with Crippen molar-refractivity contribution >= 4 is 11.9 Å². The van der Waals surface area contributed by atoms with Gasteiger partial charge in [0.2, 0.25) is 0 Å². The molecule has 7 nitrogen and oxygen atoms in total. The largest absolute Gasteiger partial charge is 0.481 e. The van der Waals surface area contributed by atoms with E-state index in [2.05, 4.69) is 15.4 Å². The van der Waals surface area contributed by atoms with E-state index in [1.165, 1.54) is 11.1 Å². The lowest BCUT2D eigenvalue weighted by Gasteiger charge is -2.13. The number of H-pyrrole nitrogens is 1. The molecular formula is C9H12N4O3. The molecule has 1 aliphatic rings. The van der Waals surface area contributed by atoms with Crippen LogP contribution in [-0.4, -0.2) is 50.4 Å². The third-order valence-corrected chi connectivity index (χ3v) is 2.85. The fourth-order valence-electron chi connectivity index (χ4n) is 1.92. The molecule has 2 unspecified atom stereocenters. The number of carbonyl (C=O) groups excluding carboxylic acids is 1. The van der Waals surface area contributed by atoms with Crippen LogP contribution in [-0.2, 0) is 4.79 Å².